The smallest absolute Gasteiger partial charge is 0.273 e. The maximum Gasteiger partial charge on any atom is 0.273 e. The van der Waals surface area contributed by atoms with Crippen molar-refractivity contribution in [1.29, 1.82) is 0 Å². The first-order valence-corrected chi connectivity index (χ1v) is 12.9. The Bertz CT molecular complexity index is 1330. The minimum atomic E-state index is -0.260. The Labute approximate surface area is 219 Å². The van der Waals surface area contributed by atoms with Crippen LogP contribution in [0.15, 0.2) is 59.3 Å². The molecular weight excluding hydrogens is 499 g/mol. The van der Waals surface area contributed by atoms with Crippen LogP contribution in [0.1, 0.15) is 40.3 Å². The van der Waals surface area contributed by atoms with E-state index in [-0.39, 0.29) is 17.7 Å². The minimum absolute atomic E-state index is 0.0720. The number of nitrogens with zero attached hydrogens (tertiary/aromatic N) is 2. The van der Waals surface area contributed by atoms with Gasteiger partial charge in [-0.15, -0.1) is 0 Å². The molecule has 5 rings (SSSR count). The van der Waals surface area contributed by atoms with Crippen LogP contribution in [-0.2, 0) is 24.2 Å². The SMILES string of the molecule is O=C(NC[C@H]1CCCO1)c1coc(CN(CCc2c[nH]c3ccccc23)Cc2cccc(Cl)c2Cl)n1. The molecule has 0 spiro atoms. The van der Waals surface area contributed by atoms with Gasteiger partial charge in [0.1, 0.15) is 6.26 Å². The Morgan fingerprint density at radius 3 is 2.89 bits per heavy atom. The first kappa shape index (κ1) is 24.8. The fraction of sp³-hybridized carbons (Fsp3) is 0.333. The lowest BCUT2D eigenvalue weighted by Gasteiger charge is -2.21. The molecule has 1 fully saturated rings. The van der Waals surface area contributed by atoms with Crippen LogP contribution in [-0.4, -0.2) is 46.6 Å². The Kier molecular flexibility index (Phi) is 7.92. The average Bonchev–Trinajstić information content (AvgIpc) is 3.65. The van der Waals surface area contributed by atoms with Gasteiger partial charge in [0, 0.05) is 43.3 Å². The molecule has 2 aromatic heterocycles. The summed E-state index contributed by atoms with van der Waals surface area (Å²) in [6.07, 6.45) is 6.34. The third kappa shape index (κ3) is 5.93. The summed E-state index contributed by atoms with van der Waals surface area (Å²) in [5.74, 6) is 0.207. The highest BCUT2D eigenvalue weighted by atomic mass is 35.5. The van der Waals surface area contributed by atoms with E-state index < -0.39 is 0 Å². The Morgan fingerprint density at radius 1 is 1.14 bits per heavy atom. The fourth-order valence-corrected chi connectivity index (χ4v) is 4.90. The van der Waals surface area contributed by atoms with E-state index in [1.165, 1.54) is 17.2 Å². The van der Waals surface area contributed by atoms with Gasteiger partial charge in [0.2, 0.25) is 5.89 Å². The molecular formula is C27H28Cl2N4O3. The number of aromatic amines is 1. The molecule has 188 valence electrons. The number of para-hydroxylation sites is 1. The van der Waals surface area contributed by atoms with Gasteiger partial charge >= 0.3 is 0 Å². The molecule has 0 unspecified atom stereocenters. The zero-order chi connectivity index (χ0) is 24.9. The number of H-pyrrole nitrogens is 1. The van der Waals surface area contributed by atoms with Crippen LogP contribution in [0.25, 0.3) is 10.9 Å². The number of oxazole rings is 1. The molecule has 7 nitrogen and oxygen atoms in total. The topological polar surface area (TPSA) is 83.4 Å². The highest BCUT2D eigenvalue weighted by molar-refractivity contribution is 6.42. The Morgan fingerprint density at radius 2 is 2.03 bits per heavy atom. The molecule has 9 heteroatoms. The van der Waals surface area contributed by atoms with Crippen molar-refractivity contribution in [3.8, 4) is 0 Å². The molecule has 1 atom stereocenters. The number of carbonyl (C=O) groups is 1. The van der Waals surface area contributed by atoms with Crippen molar-refractivity contribution >= 4 is 40.0 Å². The summed E-state index contributed by atoms with van der Waals surface area (Å²) in [6.45, 7) is 2.94. The molecule has 0 bridgehead atoms. The lowest BCUT2D eigenvalue weighted by atomic mass is 10.1. The van der Waals surface area contributed by atoms with Gasteiger partial charge in [0.05, 0.1) is 22.7 Å². The molecule has 1 saturated heterocycles. The summed E-state index contributed by atoms with van der Waals surface area (Å²) < 4.78 is 11.2. The number of carbonyl (C=O) groups excluding carboxylic acids is 1. The summed E-state index contributed by atoms with van der Waals surface area (Å²) in [7, 11) is 0. The molecule has 1 amide bonds. The van der Waals surface area contributed by atoms with Gasteiger partial charge in [-0.2, -0.15) is 0 Å². The molecule has 2 N–H and O–H groups in total. The maximum atomic E-state index is 12.5. The number of nitrogens with one attached hydrogen (secondary N) is 2. The Balaban J connectivity index is 1.28. The van der Waals surface area contributed by atoms with E-state index in [9.17, 15) is 4.79 Å². The van der Waals surface area contributed by atoms with Crippen molar-refractivity contribution in [3.05, 3.63) is 87.7 Å². The quantitative estimate of drug-likeness (QED) is 0.280. The van der Waals surface area contributed by atoms with Crippen LogP contribution in [0.3, 0.4) is 0 Å². The predicted octanol–water partition coefficient (Wildman–Crippen LogP) is 5.62. The van der Waals surface area contributed by atoms with E-state index in [1.807, 2.05) is 24.3 Å². The molecule has 2 aromatic carbocycles. The van der Waals surface area contributed by atoms with Gasteiger partial charge in [-0.3, -0.25) is 9.69 Å². The third-order valence-corrected chi connectivity index (χ3v) is 7.31. The third-order valence-electron chi connectivity index (χ3n) is 6.46. The summed E-state index contributed by atoms with van der Waals surface area (Å²) in [5.41, 5.74) is 3.53. The van der Waals surface area contributed by atoms with Gasteiger partial charge < -0.3 is 19.5 Å². The summed E-state index contributed by atoms with van der Waals surface area (Å²) >= 11 is 12.7. The normalized spacial score (nSPS) is 15.7. The van der Waals surface area contributed by atoms with E-state index in [2.05, 4.69) is 38.5 Å². The van der Waals surface area contributed by atoms with Crippen molar-refractivity contribution in [2.45, 2.75) is 38.5 Å². The van der Waals surface area contributed by atoms with E-state index in [0.717, 1.165) is 43.5 Å². The second-order valence-electron chi connectivity index (χ2n) is 9.00. The van der Waals surface area contributed by atoms with Gasteiger partial charge in [-0.25, -0.2) is 4.98 Å². The van der Waals surface area contributed by atoms with E-state index >= 15 is 0 Å². The van der Waals surface area contributed by atoms with Crippen molar-refractivity contribution in [3.63, 3.8) is 0 Å². The number of rotatable bonds is 10. The second kappa shape index (κ2) is 11.5. The lowest BCUT2D eigenvalue weighted by Crippen LogP contribution is -2.32. The van der Waals surface area contributed by atoms with Crippen LogP contribution >= 0.6 is 23.2 Å². The number of ether oxygens (including phenoxy) is 1. The molecule has 3 heterocycles. The number of hydrogen-bond donors (Lipinski definition) is 2. The first-order chi connectivity index (χ1) is 17.6. The molecule has 36 heavy (non-hydrogen) atoms. The largest absolute Gasteiger partial charge is 0.447 e. The van der Waals surface area contributed by atoms with Crippen LogP contribution in [0.2, 0.25) is 10.0 Å². The van der Waals surface area contributed by atoms with E-state index in [0.29, 0.717) is 35.6 Å². The van der Waals surface area contributed by atoms with Gasteiger partial charge in [0.15, 0.2) is 5.69 Å². The zero-order valence-electron chi connectivity index (χ0n) is 19.8. The molecule has 1 aliphatic rings. The second-order valence-corrected chi connectivity index (χ2v) is 9.79. The van der Waals surface area contributed by atoms with Crippen molar-refractivity contribution < 1.29 is 13.9 Å². The lowest BCUT2D eigenvalue weighted by molar-refractivity contribution is 0.0853. The van der Waals surface area contributed by atoms with Gasteiger partial charge in [-0.1, -0.05) is 53.5 Å². The van der Waals surface area contributed by atoms with E-state index in [4.69, 9.17) is 32.4 Å². The average molecular weight is 527 g/mol. The highest BCUT2D eigenvalue weighted by Crippen LogP contribution is 2.27. The van der Waals surface area contributed by atoms with Crippen LogP contribution in [0.4, 0.5) is 0 Å². The van der Waals surface area contributed by atoms with Gasteiger partial charge in [-0.05, 0) is 42.5 Å². The number of hydrogen-bond acceptors (Lipinski definition) is 5. The summed E-state index contributed by atoms with van der Waals surface area (Å²) in [4.78, 5) is 22.5. The molecule has 0 aliphatic carbocycles. The fourth-order valence-electron chi connectivity index (χ4n) is 4.52. The van der Waals surface area contributed by atoms with Crippen molar-refractivity contribution in [1.82, 2.24) is 20.2 Å². The minimum Gasteiger partial charge on any atom is -0.447 e. The summed E-state index contributed by atoms with van der Waals surface area (Å²) in [5, 5.41) is 5.15. The maximum absolute atomic E-state index is 12.5. The highest BCUT2D eigenvalue weighted by Gasteiger charge is 2.20. The van der Waals surface area contributed by atoms with E-state index in [1.54, 1.807) is 6.07 Å². The Hall–Kier alpha value is -2.84. The molecule has 4 aromatic rings. The molecule has 0 saturated carbocycles. The monoisotopic (exact) mass is 526 g/mol. The van der Waals surface area contributed by atoms with Gasteiger partial charge in [0.25, 0.3) is 5.91 Å². The number of aromatic nitrogens is 2. The predicted molar refractivity (Wildman–Crippen MR) is 140 cm³/mol. The number of benzene rings is 2. The van der Waals surface area contributed by atoms with Crippen LogP contribution in [0.5, 0.6) is 0 Å². The van der Waals surface area contributed by atoms with Crippen LogP contribution in [0, 0.1) is 0 Å². The zero-order valence-corrected chi connectivity index (χ0v) is 21.3. The molecule has 1 aliphatic heterocycles. The number of fused-ring (bicyclic) bond motifs is 1. The van der Waals surface area contributed by atoms with Crippen LogP contribution < -0.4 is 5.32 Å². The van der Waals surface area contributed by atoms with Crippen molar-refractivity contribution in [2.75, 3.05) is 19.7 Å². The first-order valence-electron chi connectivity index (χ1n) is 12.1. The number of amides is 1. The standard InChI is InChI=1S/C27H28Cl2N4O3/c28-22-8-3-5-19(26(22)29)15-33(11-10-18-13-30-23-9-2-1-7-21(18)23)16-25-32-24(17-36-25)27(34)31-14-20-6-4-12-35-20/h1-3,5,7-9,13,17,20,30H,4,6,10-12,14-16H2,(H,31,34)/t20-/m1/s1. The van der Waals surface area contributed by atoms with Crippen molar-refractivity contribution in [2.24, 2.45) is 0 Å². The number of halogens is 2. The molecule has 0 radical (unpaired) electrons. The summed E-state index contributed by atoms with van der Waals surface area (Å²) in [6, 6.07) is 13.9.